The lowest BCUT2D eigenvalue weighted by Crippen LogP contribution is -2.28. The molecule has 1 fully saturated rings. The summed E-state index contributed by atoms with van der Waals surface area (Å²) in [5.74, 6) is 0.298. The summed E-state index contributed by atoms with van der Waals surface area (Å²) in [4.78, 5) is 12.9. The minimum atomic E-state index is -3.56. The van der Waals surface area contributed by atoms with Crippen molar-refractivity contribution in [2.24, 2.45) is 7.05 Å². The molecule has 3 heterocycles. The van der Waals surface area contributed by atoms with E-state index in [0.29, 0.717) is 24.5 Å². The number of aromatic nitrogens is 1. The van der Waals surface area contributed by atoms with Gasteiger partial charge in [0.15, 0.2) is 0 Å². The van der Waals surface area contributed by atoms with Gasteiger partial charge < -0.3 is 14.3 Å². The van der Waals surface area contributed by atoms with E-state index in [1.807, 2.05) is 37.3 Å². The molecule has 0 radical (unpaired) electrons. The first-order valence-corrected chi connectivity index (χ1v) is 10.8. The van der Waals surface area contributed by atoms with Crippen LogP contribution in [0.5, 0.6) is 0 Å². The lowest BCUT2D eigenvalue weighted by atomic mass is 10.2. The molecule has 4 rings (SSSR count). The topological polar surface area (TPSA) is 84.5 Å². The minimum Gasteiger partial charge on any atom is -0.459 e. The van der Waals surface area contributed by atoms with E-state index in [0.717, 1.165) is 23.8 Å². The number of benzene rings is 1. The molecule has 1 aromatic carbocycles. The van der Waals surface area contributed by atoms with Crippen molar-refractivity contribution in [1.82, 2.24) is 14.2 Å². The summed E-state index contributed by atoms with van der Waals surface area (Å²) in [6, 6.07) is 10.6. The minimum absolute atomic E-state index is 0.151. The second-order valence-electron chi connectivity index (χ2n) is 7.16. The van der Waals surface area contributed by atoms with E-state index in [2.05, 4.69) is 5.32 Å². The van der Waals surface area contributed by atoms with Gasteiger partial charge in [0.05, 0.1) is 6.04 Å². The molecule has 0 spiro atoms. The van der Waals surface area contributed by atoms with E-state index >= 15 is 0 Å². The molecule has 1 saturated heterocycles. The van der Waals surface area contributed by atoms with E-state index in [4.69, 9.17) is 4.42 Å². The molecule has 7 nitrogen and oxygen atoms in total. The maximum Gasteiger partial charge on any atom is 0.268 e. The first-order valence-electron chi connectivity index (χ1n) is 9.32. The van der Waals surface area contributed by atoms with Crippen LogP contribution in [0, 0.1) is 0 Å². The monoisotopic (exact) mass is 401 g/mol. The lowest BCUT2D eigenvalue weighted by molar-refractivity contribution is 0.0927. The summed E-state index contributed by atoms with van der Waals surface area (Å²) < 4.78 is 34.3. The van der Waals surface area contributed by atoms with Crippen LogP contribution in [0.1, 0.15) is 42.1 Å². The van der Waals surface area contributed by atoms with Crippen LogP contribution in [-0.2, 0) is 17.1 Å². The summed E-state index contributed by atoms with van der Waals surface area (Å²) in [7, 11) is -1.89. The van der Waals surface area contributed by atoms with Crippen molar-refractivity contribution in [1.29, 1.82) is 0 Å². The van der Waals surface area contributed by atoms with Crippen LogP contribution in [0.15, 0.2) is 51.9 Å². The van der Waals surface area contributed by atoms with Gasteiger partial charge in [-0.05, 0) is 38.0 Å². The standard InChI is InChI=1S/C20H23N3O4S/c1-14(19-11-15-7-3-4-8-18(15)27-19)21-20(24)17-12-16(13-22(17)2)28(25,26)23-9-5-6-10-23/h3-4,7-8,11-14H,5-6,9-10H2,1-2H3,(H,21,24). The summed E-state index contributed by atoms with van der Waals surface area (Å²) in [6.07, 6.45) is 3.23. The largest absolute Gasteiger partial charge is 0.459 e. The van der Waals surface area contributed by atoms with Gasteiger partial charge in [-0.15, -0.1) is 0 Å². The zero-order valence-electron chi connectivity index (χ0n) is 15.9. The van der Waals surface area contributed by atoms with Crippen LogP contribution in [0.25, 0.3) is 11.0 Å². The maximum absolute atomic E-state index is 12.7. The molecule has 0 bridgehead atoms. The van der Waals surface area contributed by atoms with Crippen LogP contribution in [-0.4, -0.2) is 36.3 Å². The second-order valence-corrected chi connectivity index (χ2v) is 9.10. The van der Waals surface area contributed by atoms with Crippen LogP contribution in [0.2, 0.25) is 0 Å². The molecular formula is C20H23N3O4S. The maximum atomic E-state index is 12.7. The van der Waals surface area contributed by atoms with Crippen molar-refractivity contribution in [2.45, 2.75) is 30.7 Å². The van der Waals surface area contributed by atoms with Crippen molar-refractivity contribution in [3.63, 3.8) is 0 Å². The molecule has 1 aliphatic rings. The molecule has 148 valence electrons. The number of aryl methyl sites for hydroxylation is 1. The summed E-state index contributed by atoms with van der Waals surface area (Å²) in [5.41, 5.74) is 1.05. The van der Waals surface area contributed by atoms with Crippen LogP contribution in [0.4, 0.5) is 0 Å². The number of carbonyl (C=O) groups excluding carboxylic acids is 1. The third-order valence-electron chi connectivity index (χ3n) is 5.13. The average Bonchev–Trinajstić information content (AvgIpc) is 3.40. The average molecular weight is 401 g/mol. The third-order valence-corrected chi connectivity index (χ3v) is 7.00. The van der Waals surface area contributed by atoms with Crippen molar-refractivity contribution in [3.05, 3.63) is 54.0 Å². The molecule has 0 aliphatic carbocycles. The van der Waals surface area contributed by atoms with Gasteiger partial charge in [-0.2, -0.15) is 4.31 Å². The number of hydrogen-bond donors (Lipinski definition) is 1. The highest BCUT2D eigenvalue weighted by molar-refractivity contribution is 7.89. The Hall–Kier alpha value is -2.58. The van der Waals surface area contributed by atoms with Gasteiger partial charge in [0, 0.05) is 31.7 Å². The summed E-state index contributed by atoms with van der Waals surface area (Å²) in [5, 5.41) is 3.86. The van der Waals surface area contributed by atoms with Gasteiger partial charge in [-0.25, -0.2) is 8.42 Å². The number of rotatable bonds is 5. The smallest absolute Gasteiger partial charge is 0.268 e. The van der Waals surface area contributed by atoms with Crippen LogP contribution in [0.3, 0.4) is 0 Å². The van der Waals surface area contributed by atoms with Crippen molar-refractivity contribution in [3.8, 4) is 0 Å². The highest BCUT2D eigenvalue weighted by Crippen LogP contribution is 2.25. The molecular weight excluding hydrogens is 378 g/mol. The van der Waals surface area contributed by atoms with Gasteiger partial charge in [-0.3, -0.25) is 4.79 Å². The predicted molar refractivity (Wildman–Crippen MR) is 106 cm³/mol. The van der Waals surface area contributed by atoms with E-state index in [-0.39, 0.29) is 16.8 Å². The highest BCUT2D eigenvalue weighted by Gasteiger charge is 2.29. The Kier molecular flexibility index (Phi) is 4.76. The highest BCUT2D eigenvalue weighted by atomic mass is 32.2. The number of amides is 1. The van der Waals surface area contributed by atoms with E-state index in [1.54, 1.807) is 11.6 Å². The fourth-order valence-corrected chi connectivity index (χ4v) is 5.13. The number of fused-ring (bicyclic) bond motifs is 1. The predicted octanol–water partition coefficient (Wildman–Crippen LogP) is 3.05. The van der Waals surface area contributed by atoms with Crippen LogP contribution < -0.4 is 5.32 Å². The fraction of sp³-hybridized carbons (Fsp3) is 0.350. The molecule has 1 amide bonds. The Labute approximate surface area is 164 Å². The molecule has 1 N–H and O–H groups in total. The van der Waals surface area contributed by atoms with Crippen molar-refractivity contribution >= 4 is 26.9 Å². The molecule has 2 aromatic heterocycles. The van der Waals surface area contributed by atoms with Crippen molar-refractivity contribution < 1.29 is 17.6 Å². The number of nitrogens with zero attached hydrogens (tertiary/aromatic N) is 2. The molecule has 3 aromatic rings. The van der Waals surface area contributed by atoms with Crippen LogP contribution >= 0.6 is 0 Å². The first-order chi connectivity index (χ1) is 13.4. The normalized spacial score (nSPS) is 16.5. The Balaban J connectivity index is 1.54. The fourth-order valence-electron chi connectivity index (χ4n) is 3.54. The Bertz CT molecular complexity index is 1090. The number of hydrogen-bond acceptors (Lipinski definition) is 4. The second kappa shape index (κ2) is 7.10. The molecule has 28 heavy (non-hydrogen) atoms. The van der Waals surface area contributed by atoms with E-state index in [9.17, 15) is 13.2 Å². The zero-order chi connectivity index (χ0) is 19.9. The Morgan fingerprint density at radius 2 is 1.89 bits per heavy atom. The number of para-hydroxylation sites is 1. The molecule has 1 unspecified atom stereocenters. The molecule has 0 saturated carbocycles. The van der Waals surface area contributed by atoms with Gasteiger partial charge in [-0.1, -0.05) is 18.2 Å². The SMILES string of the molecule is CC(NC(=O)c1cc(S(=O)(=O)N2CCCC2)cn1C)c1cc2ccccc2o1. The van der Waals surface area contributed by atoms with Gasteiger partial charge >= 0.3 is 0 Å². The van der Waals surface area contributed by atoms with Gasteiger partial charge in [0.25, 0.3) is 5.91 Å². The number of sulfonamides is 1. The van der Waals surface area contributed by atoms with E-state index < -0.39 is 10.0 Å². The molecule has 1 atom stereocenters. The number of nitrogens with one attached hydrogen (secondary N) is 1. The Morgan fingerprint density at radius 3 is 2.61 bits per heavy atom. The van der Waals surface area contributed by atoms with E-state index in [1.165, 1.54) is 16.6 Å². The zero-order valence-corrected chi connectivity index (χ0v) is 16.7. The number of carbonyl (C=O) groups is 1. The number of furan rings is 1. The lowest BCUT2D eigenvalue weighted by Gasteiger charge is -2.13. The Morgan fingerprint density at radius 1 is 1.18 bits per heavy atom. The van der Waals surface area contributed by atoms with Gasteiger partial charge in [0.2, 0.25) is 10.0 Å². The summed E-state index contributed by atoms with van der Waals surface area (Å²) >= 11 is 0. The molecule has 8 heteroatoms. The van der Waals surface area contributed by atoms with Crippen molar-refractivity contribution in [2.75, 3.05) is 13.1 Å². The van der Waals surface area contributed by atoms with Gasteiger partial charge in [0.1, 0.15) is 21.9 Å². The summed E-state index contributed by atoms with van der Waals surface area (Å²) in [6.45, 7) is 2.89. The first kappa shape index (κ1) is 18.8. The third kappa shape index (κ3) is 3.33. The quantitative estimate of drug-likeness (QED) is 0.712. The molecule has 1 aliphatic heterocycles.